The van der Waals surface area contributed by atoms with Crippen molar-refractivity contribution in [2.75, 3.05) is 19.6 Å². The van der Waals surface area contributed by atoms with Crippen molar-refractivity contribution < 1.29 is 9.53 Å². The van der Waals surface area contributed by atoms with Crippen molar-refractivity contribution in [2.45, 2.75) is 84.7 Å². The van der Waals surface area contributed by atoms with Gasteiger partial charge < -0.3 is 9.64 Å². The number of pyridine rings is 1. The predicted octanol–water partition coefficient (Wildman–Crippen LogP) is 5.46. The Bertz CT molecular complexity index is 997. The van der Waals surface area contributed by atoms with Crippen molar-refractivity contribution in [1.29, 1.82) is 0 Å². The number of aliphatic imine (C=N–C) groups is 1. The van der Waals surface area contributed by atoms with Crippen LogP contribution in [0.5, 0.6) is 5.88 Å². The van der Waals surface area contributed by atoms with Gasteiger partial charge in [-0.3, -0.25) is 4.79 Å². The van der Waals surface area contributed by atoms with Gasteiger partial charge in [0.2, 0.25) is 5.88 Å². The lowest BCUT2D eigenvalue weighted by atomic mass is 9.81. The van der Waals surface area contributed by atoms with Crippen LogP contribution in [0.4, 0.5) is 0 Å². The van der Waals surface area contributed by atoms with E-state index in [0.717, 1.165) is 66.9 Å². The first kappa shape index (κ1) is 26.0. The first-order chi connectivity index (χ1) is 17.0. The minimum Gasteiger partial charge on any atom is -0.475 e. The number of hydrogen-bond acceptors (Lipinski definition) is 6. The number of amides is 1. The highest BCUT2D eigenvalue weighted by atomic mass is 32.1. The first-order valence-corrected chi connectivity index (χ1v) is 14.2. The molecule has 1 aliphatic heterocycles. The van der Waals surface area contributed by atoms with Crippen LogP contribution in [0.25, 0.3) is 0 Å². The largest absolute Gasteiger partial charge is 0.475 e. The highest BCUT2D eigenvalue weighted by molar-refractivity contribution is 7.11. The van der Waals surface area contributed by atoms with Crippen molar-refractivity contribution >= 4 is 23.5 Å². The molecule has 2 aromatic heterocycles. The number of aryl methyl sites for hydroxylation is 1. The summed E-state index contributed by atoms with van der Waals surface area (Å²) in [6, 6.07) is 4.26. The molecule has 0 saturated heterocycles. The molecule has 190 valence electrons. The Balaban J connectivity index is 1.16. The van der Waals surface area contributed by atoms with Gasteiger partial charge in [-0.2, -0.15) is 0 Å². The van der Waals surface area contributed by atoms with Crippen LogP contribution in [0.15, 0.2) is 23.3 Å². The number of fused-ring (bicyclic) bond motifs is 1. The molecule has 1 aliphatic carbocycles. The number of carbonyl (C=O) groups excluding carboxylic acids is 1. The lowest BCUT2D eigenvalue weighted by Crippen LogP contribution is -2.29. The van der Waals surface area contributed by atoms with Crippen LogP contribution < -0.4 is 4.74 Å². The standard InChI is InChI=1S/C28H40N4O2S/c1-4-20(2)34-28-10-9-24-12-15-32(16-13-26(24)31-28)14-11-22-5-7-23(8-6-22)18-30-27(33)17-25-19-29-21(3)35-25/h9-10,18-20,22-23H,4-8,11-17H2,1-3H3. The van der Waals surface area contributed by atoms with Crippen LogP contribution in [-0.2, 0) is 24.1 Å². The van der Waals surface area contributed by atoms with E-state index in [4.69, 9.17) is 9.72 Å². The highest BCUT2D eigenvalue weighted by Gasteiger charge is 2.22. The summed E-state index contributed by atoms with van der Waals surface area (Å²) in [4.78, 5) is 29.1. The van der Waals surface area contributed by atoms with Crippen LogP contribution in [0.2, 0.25) is 0 Å². The zero-order chi connectivity index (χ0) is 24.6. The fourth-order valence-corrected chi connectivity index (χ4v) is 5.83. The number of thiazole rings is 1. The molecule has 0 aromatic carbocycles. The van der Waals surface area contributed by atoms with Gasteiger partial charge in [-0.15, -0.1) is 11.3 Å². The molecule has 6 nitrogen and oxygen atoms in total. The maximum absolute atomic E-state index is 12.2. The topological polar surface area (TPSA) is 67.7 Å². The number of carbonyl (C=O) groups is 1. The summed E-state index contributed by atoms with van der Waals surface area (Å²) in [7, 11) is 0. The van der Waals surface area contributed by atoms with Crippen LogP contribution in [-0.4, -0.2) is 52.7 Å². The number of nitrogens with zero attached hydrogens (tertiary/aromatic N) is 4. The second-order valence-electron chi connectivity index (χ2n) is 10.2. The molecule has 7 heteroatoms. The number of aromatic nitrogens is 2. The zero-order valence-corrected chi connectivity index (χ0v) is 22.4. The third-order valence-electron chi connectivity index (χ3n) is 7.47. The van der Waals surface area contributed by atoms with Crippen molar-refractivity contribution in [1.82, 2.24) is 14.9 Å². The molecule has 0 radical (unpaired) electrons. The van der Waals surface area contributed by atoms with Gasteiger partial charge in [0.1, 0.15) is 0 Å². The summed E-state index contributed by atoms with van der Waals surface area (Å²) >= 11 is 1.58. The molecule has 0 bridgehead atoms. The quantitative estimate of drug-likeness (QED) is 0.431. The molecule has 1 saturated carbocycles. The average Bonchev–Trinajstić information content (AvgIpc) is 3.16. The van der Waals surface area contributed by atoms with Crippen molar-refractivity contribution in [2.24, 2.45) is 16.8 Å². The summed E-state index contributed by atoms with van der Waals surface area (Å²) in [5, 5.41) is 0.997. The number of ether oxygens (including phenoxy) is 1. The summed E-state index contributed by atoms with van der Waals surface area (Å²) in [6.45, 7) is 9.56. The van der Waals surface area contributed by atoms with Gasteiger partial charge in [0.25, 0.3) is 5.91 Å². The van der Waals surface area contributed by atoms with E-state index in [1.165, 1.54) is 37.1 Å². The molecule has 2 aliphatic rings. The Morgan fingerprint density at radius 3 is 2.80 bits per heavy atom. The van der Waals surface area contributed by atoms with Crippen LogP contribution >= 0.6 is 11.3 Å². The minimum atomic E-state index is -0.0500. The van der Waals surface area contributed by atoms with E-state index in [-0.39, 0.29) is 12.0 Å². The molecule has 0 N–H and O–H groups in total. The van der Waals surface area contributed by atoms with Crippen molar-refractivity contribution in [3.8, 4) is 5.88 Å². The van der Waals surface area contributed by atoms with Crippen LogP contribution in [0.3, 0.4) is 0 Å². The summed E-state index contributed by atoms with van der Waals surface area (Å²) < 4.78 is 5.94. The number of hydrogen-bond donors (Lipinski definition) is 0. The molecule has 1 unspecified atom stereocenters. The third kappa shape index (κ3) is 7.94. The molecule has 1 amide bonds. The molecule has 3 heterocycles. The molecule has 0 spiro atoms. The second-order valence-corrected chi connectivity index (χ2v) is 11.5. The van der Waals surface area contributed by atoms with Gasteiger partial charge in [0.15, 0.2) is 0 Å². The van der Waals surface area contributed by atoms with E-state index < -0.39 is 0 Å². The van der Waals surface area contributed by atoms with Gasteiger partial charge in [-0.25, -0.2) is 15.0 Å². The molecule has 35 heavy (non-hydrogen) atoms. The van der Waals surface area contributed by atoms with E-state index in [0.29, 0.717) is 12.3 Å². The van der Waals surface area contributed by atoms with E-state index in [2.05, 4.69) is 34.8 Å². The van der Waals surface area contributed by atoms with Crippen molar-refractivity contribution in [3.05, 3.63) is 39.5 Å². The van der Waals surface area contributed by atoms with Gasteiger partial charge in [0, 0.05) is 48.6 Å². The maximum atomic E-state index is 12.2. The highest BCUT2D eigenvalue weighted by Crippen LogP contribution is 2.30. The van der Waals surface area contributed by atoms with E-state index in [1.807, 2.05) is 19.2 Å². The van der Waals surface area contributed by atoms with Gasteiger partial charge in [-0.1, -0.05) is 13.0 Å². The molecular formula is C28H40N4O2S. The Kier molecular flexibility index (Phi) is 9.44. The van der Waals surface area contributed by atoms with Crippen molar-refractivity contribution in [3.63, 3.8) is 0 Å². The third-order valence-corrected chi connectivity index (χ3v) is 8.38. The predicted molar refractivity (Wildman–Crippen MR) is 143 cm³/mol. The van der Waals surface area contributed by atoms with Gasteiger partial charge >= 0.3 is 0 Å². The van der Waals surface area contributed by atoms with E-state index in [1.54, 1.807) is 17.5 Å². The Morgan fingerprint density at radius 2 is 2.06 bits per heavy atom. The Labute approximate surface area is 214 Å². The van der Waals surface area contributed by atoms with E-state index in [9.17, 15) is 4.79 Å². The average molecular weight is 497 g/mol. The van der Waals surface area contributed by atoms with Gasteiger partial charge in [-0.05, 0) is 82.7 Å². The summed E-state index contributed by atoms with van der Waals surface area (Å²) in [5.74, 6) is 1.96. The molecule has 2 aromatic rings. The van der Waals surface area contributed by atoms with Crippen LogP contribution in [0.1, 0.15) is 73.5 Å². The zero-order valence-electron chi connectivity index (χ0n) is 21.5. The summed E-state index contributed by atoms with van der Waals surface area (Å²) in [5.41, 5.74) is 2.59. The summed E-state index contributed by atoms with van der Waals surface area (Å²) in [6.07, 6.45) is 13.4. The Hall–Kier alpha value is -2.12. The first-order valence-electron chi connectivity index (χ1n) is 13.3. The molecule has 1 atom stereocenters. The lowest BCUT2D eigenvalue weighted by molar-refractivity contribution is -0.117. The van der Waals surface area contributed by atoms with Gasteiger partial charge in [0.05, 0.1) is 17.5 Å². The fourth-order valence-electron chi connectivity index (χ4n) is 5.05. The molecular weight excluding hydrogens is 456 g/mol. The second kappa shape index (κ2) is 12.7. The smallest absolute Gasteiger partial charge is 0.250 e. The monoisotopic (exact) mass is 496 g/mol. The molecule has 4 rings (SSSR count). The fraction of sp³-hybridized carbons (Fsp3) is 0.643. The minimum absolute atomic E-state index is 0.0500. The maximum Gasteiger partial charge on any atom is 0.250 e. The molecule has 1 fully saturated rings. The number of rotatable bonds is 9. The van der Waals surface area contributed by atoms with Crippen LogP contribution in [0, 0.1) is 18.8 Å². The Morgan fingerprint density at radius 1 is 1.26 bits per heavy atom. The normalized spacial score (nSPS) is 22.0. The van der Waals surface area contributed by atoms with E-state index >= 15 is 0 Å². The lowest BCUT2D eigenvalue weighted by Gasteiger charge is -2.28. The SMILES string of the molecule is CCC(C)Oc1ccc2c(n1)CCN(CCC1CCC(C=NC(=O)Cc3cnc(C)s3)CC1)CC2.